The average molecular weight is 334 g/mol. The number of unbranched alkanes of at least 4 members (excludes halogenated alkanes) is 2. The summed E-state index contributed by atoms with van der Waals surface area (Å²) in [5, 5.41) is 4.31. The van der Waals surface area contributed by atoms with E-state index in [1.54, 1.807) is 11.3 Å². The van der Waals surface area contributed by atoms with Crippen LogP contribution in [-0.2, 0) is 12.8 Å². The Morgan fingerprint density at radius 2 is 2.26 bits per heavy atom. The molecule has 4 nitrogen and oxygen atoms in total. The van der Waals surface area contributed by atoms with E-state index in [0.29, 0.717) is 5.92 Å². The molecule has 2 aromatic heterocycles. The van der Waals surface area contributed by atoms with Gasteiger partial charge in [-0.2, -0.15) is 0 Å². The Hall–Kier alpha value is -1.20. The topological polar surface area (TPSA) is 57.8 Å². The van der Waals surface area contributed by atoms with Crippen LogP contribution in [0.4, 0.5) is 0 Å². The quantitative estimate of drug-likeness (QED) is 0.787. The van der Waals surface area contributed by atoms with E-state index >= 15 is 0 Å². The highest BCUT2D eigenvalue weighted by Crippen LogP contribution is 2.35. The van der Waals surface area contributed by atoms with E-state index in [1.807, 2.05) is 0 Å². The summed E-state index contributed by atoms with van der Waals surface area (Å²) in [4.78, 5) is 22.7. The van der Waals surface area contributed by atoms with Crippen molar-refractivity contribution in [1.29, 1.82) is 0 Å². The van der Waals surface area contributed by atoms with Gasteiger partial charge >= 0.3 is 0 Å². The molecule has 2 atom stereocenters. The monoisotopic (exact) mass is 333 g/mol. The number of aromatic nitrogens is 2. The lowest BCUT2D eigenvalue weighted by Gasteiger charge is -2.17. The molecule has 0 unspecified atom stereocenters. The summed E-state index contributed by atoms with van der Waals surface area (Å²) in [5.41, 5.74) is 1.30. The summed E-state index contributed by atoms with van der Waals surface area (Å²) < 4.78 is 0. The van der Waals surface area contributed by atoms with Gasteiger partial charge in [0, 0.05) is 4.88 Å². The molecule has 5 heteroatoms. The molecule has 2 heterocycles. The van der Waals surface area contributed by atoms with Gasteiger partial charge in [-0.25, -0.2) is 4.98 Å². The third-order valence-electron chi connectivity index (χ3n) is 4.82. The van der Waals surface area contributed by atoms with Crippen LogP contribution in [0, 0.1) is 5.92 Å². The molecule has 126 valence electrons. The van der Waals surface area contributed by atoms with Crippen LogP contribution in [0.5, 0.6) is 0 Å². The maximum atomic E-state index is 12.6. The Bertz CT molecular complexity index is 734. The first-order chi connectivity index (χ1) is 11.1. The van der Waals surface area contributed by atoms with Crippen LogP contribution < -0.4 is 10.9 Å². The molecular formula is C18H27N3OS. The number of aromatic amines is 1. The SMILES string of the molecule is CCCCCN[C@@H](C)c1nc2sc3c(c2c(=O)[nH]1)CC[C@@H](C)C3. The first-order valence-corrected chi connectivity index (χ1v) is 9.69. The fourth-order valence-corrected chi connectivity index (χ4v) is 4.75. The Morgan fingerprint density at radius 3 is 3.04 bits per heavy atom. The molecule has 23 heavy (non-hydrogen) atoms. The normalized spacial score (nSPS) is 19.0. The summed E-state index contributed by atoms with van der Waals surface area (Å²) >= 11 is 1.72. The lowest BCUT2D eigenvalue weighted by atomic mass is 9.89. The van der Waals surface area contributed by atoms with E-state index in [0.717, 1.165) is 35.4 Å². The van der Waals surface area contributed by atoms with Crippen molar-refractivity contribution < 1.29 is 0 Å². The molecule has 0 saturated heterocycles. The Morgan fingerprint density at radius 1 is 1.43 bits per heavy atom. The first kappa shape index (κ1) is 16.7. The van der Waals surface area contributed by atoms with Crippen LogP contribution in [0.3, 0.4) is 0 Å². The predicted octanol–water partition coefficient (Wildman–Crippen LogP) is 3.95. The van der Waals surface area contributed by atoms with Gasteiger partial charge in [0.1, 0.15) is 10.7 Å². The van der Waals surface area contributed by atoms with Crippen molar-refractivity contribution in [3.05, 3.63) is 26.6 Å². The number of H-pyrrole nitrogens is 1. The minimum absolute atomic E-state index is 0.0410. The molecule has 0 fully saturated rings. The van der Waals surface area contributed by atoms with E-state index in [4.69, 9.17) is 4.98 Å². The molecule has 0 bridgehead atoms. The van der Waals surface area contributed by atoms with Gasteiger partial charge in [0.25, 0.3) is 5.56 Å². The molecule has 1 aliphatic carbocycles. The van der Waals surface area contributed by atoms with E-state index in [2.05, 4.69) is 31.1 Å². The van der Waals surface area contributed by atoms with E-state index in [-0.39, 0.29) is 11.6 Å². The molecule has 3 rings (SSSR count). The number of nitrogens with zero attached hydrogens (tertiary/aromatic N) is 1. The second-order valence-electron chi connectivity index (χ2n) is 6.87. The molecule has 0 saturated carbocycles. The highest BCUT2D eigenvalue weighted by Gasteiger charge is 2.23. The van der Waals surface area contributed by atoms with Crippen LogP contribution in [-0.4, -0.2) is 16.5 Å². The number of thiophene rings is 1. The second-order valence-corrected chi connectivity index (χ2v) is 7.95. The summed E-state index contributed by atoms with van der Waals surface area (Å²) in [7, 11) is 0. The summed E-state index contributed by atoms with van der Waals surface area (Å²) in [6, 6.07) is 0.0852. The van der Waals surface area contributed by atoms with Crippen LogP contribution in [0.15, 0.2) is 4.79 Å². The van der Waals surface area contributed by atoms with Crippen molar-refractivity contribution in [3.63, 3.8) is 0 Å². The summed E-state index contributed by atoms with van der Waals surface area (Å²) in [5.74, 6) is 1.49. The van der Waals surface area contributed by atoms with Gasteiger partial charge in [-0.15, -0.1) is 11.3 Å². The molecule has 0 radical (unpaired) electrons. The number of hydrogen-bond donors (Lipinski definition) is 2. The van der Waals surface area contributed by atoms with Crippen LogP contribution in [0.2, 0.25) is 0 Å². The van der Waals surface area contributed by atoms with Gasteiger partial charge in [0.2, 0.25) is 0 Å². The largest absolute Gasteiger partial charge is 0.309 e. The highest BCUT2D eigenvalue weighted by atomic mass is 32.1. The van der Waals surface area contributed by atoms with Crippen LogP contribution in [0.25, 0.3) is 10.2 Å². The van der Waals surface area contributed by atoms with Crippen molar-refractivity contribution in [2.75, 3.05) is 6.54 Å². The molecule has 2 N–H and O–H groups in total. The number of aryl methyl sites for hydroxylation is 1. The predicted molar refractivity (Wildman–Crippen MR) is 97.4 cm³/mol. The standard InChI is InChI=1S/C18H27N3OS/c1-4-5-6-9-19-12(3)16-20-17(22)15-13-8-7-11(2)10-14(13)23-18(15)21-16/h11-12,19H,4-10H2,1-3H3,(H,20,21,22)/t11-,12+/m1/s1. The van der Waals surface area contributed by atoms with Crippen LogP contribution in [0.1, 0.15) is 68.8 Å². The van der Waals surface area contributed by atoms with Gasteiger partial charge in [-0.1, -0.05) is 26.7 Å². The number of rotatable bonds is 6. The number of hydrogen-bond acceptors (Lipinski definition) is 4. The smallest absolute Gasteiger partial charge is 0.259 e. The molecule has 0 aliphatic heterocycles. The second kappa shape index (κ2) is 7.14. The zero-order valence-corrected chi connectivity index (χ0v) is 15.2. The summed E-state index contributed by atoms with van der Waals surface area (Å²) in [6.45, 7) is 7.54. The third-order valence-corrected chi connectivity index (χ3v) is 5.97. The molecule has 0 amide bonds. The first-order valence-electron chi connectivity index (χ1n) is 8.88. The molecule has 0 aromatic carbocycles. The highest BCUT2D eigenvalue weighted by molar-refractivity contribution is 7.18. The van der Waals surface area contributed by atoms with E-state index in [1.165, 1.54) is 36.1 Å². The molecule has 1 aliphatic rings. The van der Waals surface area contributed by atoms with Gasteiger partial charge in [-0.05, 0) is 50.6 Å². The van der Waals surface area contributed by atoms with Gasteiger partial charge in [-0.3, -0.25) is 4.79 Å². The van der Waals surface area contributed by atoms with Gasteiger partial charge < -0.3 is 10.3 Å². The Kier molecular flexibility index (Phi) is 5.17. The maximum absolute atomic E-state index is 12.6. The maximum Gasteiger partial charge on any atom is 0.259 e. The molecule has 2 aromatic rings. The van der Waals surface area contributed by atoms with Crippen molar-refractivity contribution in [1.82, 2.24) is 15.3 Å². The fraction of sp³-hybridized carbons (Fsp3) is 0.667. The Labute approximate surface area is 141 Å². The van der Waals surface area contributed by atoms with Gasteiger partial charge in [0.15, 0.2) is 0 Å². The number of nitrogens with one attached hydrogen (secondary N) is 2. The van der Waals surface area contributed by atoms with Crippen molar-refractivity contribution in [2.24, 2.45) is 5.92 Å². The lowest BCUT2D eigenvalue weighted by Crippen LogP contribution is -2.24. The van der Waals surface area contributed by atoms with E-state index < -0.39 is 0 Å². The van der Waals surface area contributed by atoms with Crippen LogP contribution >= 0.6 is 11.3 Å². The zero-order chi connectivity index (χ0) is 16.4. The van der Waals surface area contributed by atoms with Crippen molar-refractivity contribution in [2.45, 2.75) is 65.3 Å². The number of fused-ring (bicyclic) bond motifs is 3. The van der Waals surface area contributed by atoms with Crippen molar-refractivity contribution >= 4 is 21.6 Å². The lowest BCUT2D eigenvalue weighted by molar-refractivity contribution is 0.509. The zero-order valence-electron chi connectivity index (χ0n) is 14.4. The Balaban J connectivity index is 1.85. The minimum Gasteiger partial charge on any atom is -0.309 e. The fourth-order valence-electron chi connectivity index (χ4n) is 3.36. The summed E-state index contributed by atoms with van der Waals surface area (Å²) in [6.07, 6.45) is 6.91. The minimum atomic E-state index is 0.0410. The average Bonchev–Trinajstić information content (AvgIpc) is 2.88. The third kappa shape index (κ3) is 3.50. The molecular weight excluding hydrogens is 306 g/mol. The molecule has 0 spiro atoms. The van der Waals surface area contributed by atoms with Crippen molar-refractivity contribution in [3.8, 4) is 0 Å². The van der Waals surface area contributed by atoms with E-state index in [9.17, 15) is 4.79 Å². The van der Waals surface area contributed by atoms with Gasteiger partial charge in [0.05, 0.1) is 11.4 Å².